The van der Waals surface area contributed by atoms with E-state index in [0.717, 1.165) is 37.2 Å². The molecule has 0 bridgehead atoms. The Hall–Kier alpha value is -1.00. The zero-order chi connectivity index (χ0) is 14.3. The summed E-state index contributed by atoms with van der Waals surface area (Å²) in [5.41, 5.74) is 0.992. The normalized spacial score (nSPS) is 13.5. The Balaban J connectivity index is 2.68. The molecule has 1 unspecified atom stereocenters. The van der Waals surface area contributed by atoms with Gasteiger partial charge in [-0.2, -0.15) is 0 Å². The highest BCUT2D eigenvalue weighted by Gasteiger charge is 2.21. The molecule has 1 aromatic heterocycles. The molecule has 0 spiro atoms. The van der Waals surface area contributed by atoms with Gasteiger partial charge in [0.25, 0.3) is 0 Å². The molecule has 0 saturated carbocycles. The minimum atomic E-state index is -0.100. The molecule has 0 radical (unpaired) electrons. The van der Waals surface area contributed by atoms with Crippen LogP contribution in [0.4, 0.5) is 0 Å². The largest absolute Gasteiger partial charge is 0.379 e. The highest BCUT2D eigenvalue weighted by molar-refractivity contribution is 5.04. The van der Waals surface area contributed by atoms with Gasteiger partial charge < -0.3 is 10.1 Å². The second-order valence-electron chi connectivity index (χ2n) is 5.63. The van der Waals surface area contributed by atoms with Crippen LogP contribution in [-0.4, -0.2) is 29.2 Å². The van der Waals surface area contributed by atoms with Crippen LogP contribution in [0.5, 0.6) is 0 Å². The van der Waals surface area contributed by atoms with Crippen LogP contribution >= 0.6 is 0 Å². The Kier molecular flexibility index (Phi) is 6.38. The molecule has 19 heavy (non-hydrogen) atoms. The molecule has 4 heteroatoms. The molecule has 0 saturated heterocycles. The Morgan fingerprint density at radius 3 is 2.47 bits per heavy atom. The number of methoxy groups -OCH3 is 1. The average Bonchev–Trinajstić information content (AvgIpc) is 2.40. The molecule has 0 amide bonds. The summed E-state index contributed by atoms with van der Waals surface area (Å²) in [4.78, 5) is 8.89. The van der Waals surface area contributed by atoms with Crippen LogP contribution in [-0.2, 0) is 4.74 Å². The van der Waals surface area contributed by atoms with E-state index in [4.69, 9.17) is 4.74 Å². The maximum Gasteiger partial charge on any atom is 0.145 e. The second-order valence-corrected chi connectivity index (χ2v) is 5.63. The molecular formula is C15H27N3O. The number of ether oxygens (including phenoxy) is 1. The number of aryl methyl sites for hydroxylation is 1. The van der Waals surface area contributed by atoms with Crippen molar-refractivity contribution in [3.8, 4) is 0 Å². The molecule has 1 heterocycles. The van der Waals surface area contributed by atoms with Gasteiger partial charge in [-0.25, -0.2) is 9.97 Å². The van der Waals surface area contributed by atoms with E-state index in [1.54, 1.807) is 7.11 Å². The third-order valence-electron chi connectivity index (χ3n) is 3.34. The van der Waals surface area contributed by atoms with E-state index in [1.807, 2.05) is 19.3 Å². The van der Waals surface area contributed by atoms with Crippen molar-refractivity contribution in [1.29, 1.82) is 0 Å². The lowest BCUT2D eigenvalue weighted by molar-refractivity contribution is 0.0115. The smallest absolute Gasteiger partial charge is 0.145 e. The Labute approximate surface area is 117 Å². The van der Waals surface area contributed by atoms with Crippen molar-refractivity contribution in [1.82, 2.24) is 15.3 Å². The van der Waals surface area contributed by atoms with Crippen molar-refractivity contribution >= 4 is 0 Å². The van der Waals surface area contributed by atoms with E-state index in [0.29, 0.717) is 0 Å². The van der Waals surface area contributed by atoms with Crippen molar-refractivity contribution in [3.63, 3.8) is 0 Å². The van der Waals surface area contributed by atoms with Crippen molar-refractivity contribution in [2.45, 2.75) is 58.6 Å². The first-order chi connectivity index (χ1) is 8.98. The maximum absolute atomic E-state index is 5.48. The predicted molar refractivity (Wildman–Crippen MR) is 78.1 cm³/mol. The predicted octanol–water partition coefficient (Wildman–Crippen LogP) is 3.03. The van der Waals surface area contributed by atoms with Gasteiger partial charge >= 0.3 is 0 Å². The summed E-state index contributed by atoms with van der Waals surface area (Å²) in [5.74, 6) is 0.881. The maximum atomic E-state index is 5.48. The second kappa shape index (κ2) is 7.56. The first kappa shape index (κ1) is 16.1. The van der Waals surface area contributed by atoms with Crippen molar-refractivity contribution < 1.29 is 4.74 Å². The number of nitrogens with one attached hydrogen (secondary N) is 1. The number of hydrogen-bond donors (Lipinski definition) is 1. The molecule has 108 valence electrons. The van der Waals surface area contributed by atoms with Gasteiger partial charge in [0, 0.05) is 19.5 Å². The van der Waals surface area contributed by atoms with E-state index in [-0.39, 0.29) is 11.6 Å². The van der Waals surface area contributed by atoms with Crippen LogP contribution in [0.2, 0.25) is 0 Å². The minimum absolute atomic E-state index is 0.100. The van der Waals surface area contributed by atoms with Crippen LogP contribution in [0, 0.1) is 6.92 Å². The fourth-order valence-corrected chi connectivity index (χ4v) is 1.82. The molecule has 1 rings (SSSR count). The first-order valence-corrected chi connectivity index (χ1v) is 7.05. The number of hydrogen-bond acceptors (Lipinski definition) is 4. The van der Waals surface area contributed by atoms with Gasteiger partial charge in [-0.05, 0) is 52.1 Å². The standard InChI is InChI=1S/C15H27N3O/c1-6-9-16-13(7-8-15(3,4)19-5)14-17-10-12(2)11-18-14/h10-11,13,16H,6-9H2,1-5H3. The lowest BCUT2D eigenvalue weighted by Crippen LogP contribution is -2.28. The molecule has 1 aromatic rings. The highest BCUT2D eigenvalue weighted by atomic mass is 16.5. The summed E-state index contributed by atoms with van der Waals surface area (Å²) in [5, 5.41) is 3.52. The fourth-order valence-electron chi connectivity index (χ4n) is 1.82. The quantitative estimate of drug-likeness (QED) is 0.785. The third kappa shape index (κ3) is 5.66. The van der Waals surface area contributed by atoms with Crippen LogP contribution in [0.15, 0.2) is 12.4 Å². The molecule has 0 fully saturated rings. The van der Waals surface area contributed by atoms with E-state index in [1.165, 1.54) is 0 Å². The fraction of sp³-hybridized carbons (Fsp3) is 0.733. The van der Waals surface area contributed by atoms with Gasteiger partial charge in [-0.15, -0.1) is 0 Å². The summed E-state index contributed by atoms with van der Waals surface area (Å²) in [6.45, 7) is 9.38. The Bertz CT molecular complexity index is 362. The van der Waals surface area contributed by atoms with Gasteiger partial charge in [0.2, 0.25) is 0 Å². The summed E-state index contributed by atoms with van der Waals surface area (Å²) < 4.78 is 5.48. The van der Waals surface area contributed by atoms with E-state index in [2.05, 4.69) is 36.1 Å². The van der Waals surface area contributed by atoms with Gasteiger partial charge in [-0.3, -0.25) is 0 Å². The van der Waals surface area contributed by atoms with Crippen molar-refractivity contribution in [3.05, 3.63) is 23.8 Å². The van der Waals surface area contributed by atoms with Gasteiger partial charge in [-0.1, -0.05) is 6.92 Å². The SMILES string of the molecule is CCCNC(CCC(C)(C)OC)c1ncc(C)cn1. The van der Waals surface area contributed by atoms with E-state index < -0.39 is 0 Å². The summed E-state index contributed by atoms with van der Waals surface area (Å²) >= 11 is 0. The molecular weight excluding hydrogens is 238 g/mol. The van der Waals surface area contributed by atoms with Gasteiger partial charge in [0.15, 0.2) is 0 Å². The summed E-state index contributed by atoms with van der Waals surface area (Å²) in [6.07, 6.45) is 6.82. The molecule has 0 aromatic carbocycles. The highest BCUT2D eigenvalue weighted by Crippen LogP contribution is 2.22. The molecule has 1 N–H and O–H groups in total. The number of nitrogens with zero attached hydrogens (tertiary/aromatic N) is 2. The van der Waals surface area contributed by atoms with Crippen LogP contribution in [0.3, 0.4) is 0 Å². The lowest BCUT2D eigenvalue weighted by atomic mass is 9.98. The monoisotopic (exact) mass is 265 g/mol. The minimum Gasteiger partial charge on any atom is -0.379 e. The Morgan fingerprint density at radius 2 is 1.95 bits per heavy atom. The van der Waals surface area contributed by atoms with Crippen LogP contribution < -0.4 is 5.32 Å². The van der Waals surface area contributed by atoms with E-state index in [9.17, 15) is 0 Å². The van der Waals surface area contributed by atoms with Crippen LogP contribution in [0.25, 0.3) is 0 Å². The number of rotatable bonds is 8. The zero-order valence-electron chi connectivity index (χ0n) is 12.9. The molecule has 0 aliphatic rings. The third-order valence-corrected chi connectivity index (χ3v) is 3.34. The molecule has 0 aliphatic heterocycles. The van der Waals surface area contributed by atoms with Gasteiger partial charge in [0.05, 0.1) is 11.6 Å². The summed E-state index contributed by atoms with van der Waals surface area (Å²) in [7, 11) is 1.76. The number of aromatic nitrogens is 2. The van der Waals surface area contributed by atoms with Crippen LogP contribution in [0.1, 0.15) is 57.5 Å². The average molecular weight is 265 g/mol. The van der Waals surface area contributed by atoms with Crippen molar-refractivity contribution in [2.24, 2.45) is 0 Å². The zero-order valence-corrected chi connectivity index (χ0v) is 12.9. The molecule has 0 aliphatic carbocycles. The molecule has 4 nitrogen and oxygen atoms in total. The molecule has 1 atom stereocenters. The van der Waals surface area contributed by atoms with Crippen molar-refractivity contribution in [2.75, 3.05) is 13.7 Å². The lowest BCUT2D eigenvalue weighted by Gasteiger charge is -2.26. The Morgan fingerprint density at radius 1 is 1.32 bits per heavy atom. The first-order valence-electron chi connectivity index (χ1n) is 7.05. The van der Waals surface area contributed by atoms with Gasteiger partial charge in [0.1, 0.15) is 5.82 Å². The summed E-state index contributed by atoms with van der Waals surface area (Å²) in [6, 6.07) is 0.204. The topological polar surface area (TPSA) is 47.0 Å². The van der Waals surface area contributed by atoms with E-state index >= 15 is 0 Å².